The molecule has 0 saturated carbocycles. The zero-order chi connectivity index (χ0) is 12.5. The minimum atomic E-state index is -3.90. The molecule has 1 aromatic carbocycles. The van der Waals surface area contributed by atoms with Gasteiger partial charge in [0.05, 0.1) is 7.11 Å². The first-order chi connectivity index (χ1) is 7.30. The molecule has 0 radical (unpaired) electrons. The maximum atomic E-state index is 13.4. The second kappa shape index (κ2) is 4.08. The lowest BCUT2D eigenvalue weighted by atomic mass is 9.99. The van der Waals surface area contributed by atoms with Gasteiger partial charge >= 0.3 is 11.9 Å². The number of methoxy groups -OCH3 is 1. The molecule has 0 unspecified atom stereocenters. The predicted octanol–water partition coefficient (Wildman–Crippen LogP) is 2.49. The highest BCUT2D eigenvalue weighted by atomic mass is 19.3. The molecular formula is C11H12F2O3. The summed E-state index contributed by atoms with van der Waals surface area (Å²) < 4.78 is 31.7. The molecule has 0 aliphatic rings. The number of rotatable bonds is 3. The normalized spacial score (nSPS) is 11.3. The van der Waals surface area contributed by atoms with E-state index in [1.807, 2.05) is 0 Å². The second-order valence-corrected chi connectivity index (χ2v) is 3.52. The fourth-order valence-corrected chi connectivity index (χ4v) is 1.48. The van der Waals surface area contributed by atoms with Gasteiger partial charge in [-0.25, -0.2) is 4.79 Å². The Kier molecular flexibility index (Phi) is 3.16. The molecule has 88 valence electrons. The molecule has 0 atom stereocenters. The highest BCUT2D eigenvalue weighted by Crippen LogP contribution is 2.35. The van der Waals surface area contributed by atoms with E-state index in [1.54, 1.807) is 13.0 Å². The van der Waals surface area contributed by atoms with Crippen LogP contribution in [0.15, 0.2) is 12.1 Å². The van der Waals surface area contributed by atoms with E-state index in [-0.39, 0.29) is 11.3 Å². The number of aryl methyl sites for hydroxylation is 1. The van der Waals surface area contributed by atoms with Crippen molar-refractivity contribution in [3.05, 3.63) is 28.8 Å². The largest absolute Gasteiger partial charge is 0.496 e. The maximum Gasteiger partial charge on any atom is 0.379 e. The summed E-state index contributed by atoms with van der Waals surface area (Å²) in [5.74, 6) is -5.80. The van der Waals surface area contributed by atoms with Gasteiger partial charge in [0.15, 0.2) is 0 Å². The van der Waals surface area contributed by atoms with Gasteiger partial charge in [-0.05, 0) is 31.5 Å². The number of aliphatic carboxylic acids is 1. The number of carboxylic acid groups (broad SMARTS) is 1. The maximum absolute atomic E-state index is 13.4. The third-order valence-electron chi connectivity index (χ3n) is 2.33. The van der Waals surface area contributed by atoms with Gasteiger partial charge in [0.25, 0.3) is 0 Å². The fourth-order valence-electron chi connectivity index (χ4n) is 1.48. The van der Waals surface area contributed by atoms with Gasteiger partial charge in [0.1, 0.15) is 5.75 Å². The van der Waals surface area contributed by atoms with Crippen LogP contribution in [0.2, 0.25) is 0 Å². The van der Waals surface area contributed by atoms with Crippen LogP contribution in [0.25, 0.3) is 0 Å². The summed E-state index contributed by atoms with van der Waals surface area (Å²) in [4.78, 5) is 10.5. The molecule has 0 fully saturated rings. The molecular weight excluding hydrogens is 218 g/mol. The Bertz CT molecular complexity index is 427. The first-order valence-electron chi connectivity index (χ1n) is 4.57. The predicted molar refractivity (Wildman–Crippen MR) is 54.0 cm³/mol. The van der Waals surface area contributed by atoms with E-state index in [0.29, 0.717) is 5.56 Å². The SMILES string of the molecule is COc1cc(C)cc(C(F)(F)C(=O)O)c1C. The van der Waals surface area contributed by atoms with Crippen LogP contribution in [0.3, 0.4) is 0 Å². The monoisotopic (exact) mass is 230 g/mol. The van der Waals surface area contributed by atoms with Crippen molar-refractivity contribution in [2.24, 2.45) is 0 Å². The van der Waals surface area contributed by atoms with Crippen LogP contribution in [0, 0.1) is 13.8 Å². The van der Waals surface area contributed by atoms with E-state index in [0.717, 1.165) is 6.07 Å². The summed E-state index contributed by atoms with van der Waals surface area (Å²) in [5, 5.41) is 8.48. The van der Waals surface area contributed by atoms with E-state index in [2.05, 4.69) is 0 Å². The summed E-state index contributed by atoms with van der Waals surface area (Å²) in [6.45, 7) is 3.01. The Morgan fingerprint density at radius 2 is 1.94 bits per heavy atom. The third kappa shape index (κ3) is 1.98. The lowest BCUT2D eigenvalue weighted by Gasteiger charge is -2.17. The Balaban J connectivity index is 3.45. The van der Waals surface area contributed by atoms with Gasteiger partial charge in [-0.3, -0.25) is 0 Å². The van der Waals surface area contributed by atoms with Crippen LogP contribution in [0.1, 0.15) is 16.7 Å². The first kappa shape index (κ1) is 12.4. The van der Waals surface area contributed by atoms with Gasteiger partial charge in [-0.2, -0.15) is 8.78 Å². The molecule has 1 N–H and O–H groups in total. The Morgan fingerprint density at radius 1 is 1.38 bits per heavy atom. The molecule has 0 aromatic heterocycles. The van der Waals surface area contributed by atoms with E-state index in [4.69, 9.17) is 9.84 Å². The Hall–Kier alpha value is -1.65. The average Bonchev–Trinajstić information content (AvgIpc) is 2.20. The zero-order valence-corrected chi connectivity index (χ0v) is 9.17. The molecule has 1 aromatic rings. The standard InChI is InChI=1S/C11H12F2O3/c1-6-4-8(11(12,13)10(14)15)7(2)9(5-6)16-3/h4-5H,1-3H3,(H,14,15). The van der Waals surface area contributed by atoms with Crippen LogP contribution in [0.4, 0.5) is 8.78 Å². The summed E-state index contributed by atoms with van der Waals surface area (Å²) in [6.07, 6.45) is 0. The van der Waals surface area contributed by atoms with Crippen molar-refractivity contribution in [2.75, 3.05) is 7.11 Å². The first-order valence-corrected chi connectivity index (χ1v) is 4.57. The molecule has 0 saturated heterocycles. The van der Waals surface area contributed by atoms with Crippen molar-refractivity contribution in [3.63, 3.8) is 0 Å². The van der Waals surface area contributed by atoms with Crippen molar-refractivity contribution in [1.29, 1.82) is 0 Å². The second-order valence-electron chi connectivity index (χ2n) is 3.52. The van der Waals surface area contributed by atoms with Crippen molar-refractivity contribution < 1.29 is 23.4 Å². The number of carboxylic acids is 1. The minimum Gasteiger partial charge on any atom is -0.496 e. The van der Waals surface area contributed by atoms with Crippen LogP contribution in [-0.4, -0.2) is 18.2 Å². The van der Waals surface area contributed by atoms with Crippen molar-refractivity contribution in [1.82, 2.24) is 0 Å². The van der Waals surface area contributed by atoms with Gasteiger partial charge < -0.3 is 9.84 Å². The van der Waals surface area contributed by atoms with Crippen molar-refractivity contribution >= 4 is 5.97 Å². The zero-order valence-electron chi connectivity index (χ0n) is 9.17. The van der Waals surface area contributed by atoms with Gasteiger partial charge in [-0.15, -0.1) is 0 Å². The third-order valence-corrected chi connectivity index (χ3v) is 2.33. The summed E-state index contributed by atoms with van der Waals surface area (Å²) >= 11 is 0. The molecule has 0 aliphatic carbocycles. The topological polar surface area (TPSA) is 46.5 Å². The summed E-state index contributed by atoms with van der Waals surface area (Å²) in [7, 11) is 1.35. The fraction of sp³-hybridized carbons (Fsp3) is 0.364. The molecule has 0 spiro atoms. The van der Waals surface area contributed by atoms with E-state index < -0.39 is 17.5 Å². The molecule has 16 heavy (non-hydrogen) atoms. The van der Waals surface area contributed by atoms with E-state index in [9.17, 15) is 13.6 Å². The molecule has 0 amide bonds. The Morgan fingerprint density at radius 3 is 2.38 bits per heavy atom. The number of ether oxygens (including phenoxy) is 1. The molecule has 1 rings (SSSR count). The highest BCUT2D eigenvalue weighted by molar-refractivity contribution is 5.78. The lowest BCUT2D eigenvalue weighted by molar-refractivity contribution is -0.166. The van der Waals surface area contributed by atoms with Crippen molar-refractivity contribution in [3.8, 4) is 5.75 Å². The smallest absolute Gasteiger partial charge is 0.379 e. The lowest BCUT2D eigenvalue weighted by Crippen LogP contribution is -2.26. The van der Waals surface area contributed by atoms with Gasteiger partial charge in [-0.1, -0.05) is 0 Å². The Labute approximate surface area is 91.7 Å². The number of carbonyl (C=O) groups is 1. The van der Waals surface area contributed by atoms with E-state index >= 15 is 0 Å². The van der Waals surface area contributed by atoms with Gasteiger partial charge in [0.2, 0.25) is 0 Å². The number of hydrogen-bond donors (Lipinski definition) is 1. The quantitative estimate of drug-likeness (QED) is 0.867. The summed E-state index contributed by atoms with van der Waals surface area (Å²) in [5.41, 5.74) is 0.135. The molecule has 5 heteroatoms. The number of hydrogen-bond acceptors (Lipinski definition) is 2. The van der Waals surface area contributed by atoms with E-state index in [1.165, 1.54) is 14.0 Å². The van der Waals surface area contributed by atoms with Gasteiger partial charge in [0, 0.05) is 11.1 Å². The molecule has 0 aliphatic heterocycles. The summed E-state index contributed by atoms with van der Waals surface area (Å²) in [6, 6.07) is 2.74. The molecule has 0 bridgehead atoms. The van der Waals surface area contributed by atoms with Crippen molar-refractivity contribution in [2.45, 2.75) is 19.8 Å². The minimum absolute atomic E-state index is 0.139. The highest BCUT2D eigenvalue weighted by Gasteiger charge is 2.42. The molecule has 3 nitrogen and oxygen atoms in total. The average molecular weight is 230 g/mol. The van der Waals surface area contributed by atoms with Crippen LogP contribution < -0.4 is 4.74 Å². The van der Waals surface area contributed by atoms with Crippen LogP contribution in [-0.2, 0) is 10.7 Å². The number of halogens is 2. The van der Waals surface area contributed by atoms with Crippen LogP contribution in [0.5, 0.6) is 5.75 Å². The number of alkyl halides is 2. The van der Waals surface area contributed by atoms with Crippen LogP contribution >= 0.6 is 0 Å². The number of benzene rings is 1. The molecule has 0 heterocycles.